The summed E-state index contributed by atoms with van der Waals surface area (Å²) >= 11 is 0. The molecule has 0 bridgehead atoms. The number of aryl methyl sites for hydroxylation is 1. The van der Waals surface area contributed by atoms with Gasteiger partial charge in [-0.15, -0.1) is 0 Å². The van der Waals surface area contributed by atoms with Gasteiger partial charge in [0.2, 0.25) is 5.91 Å². The number of ether oxygens (including phenoxy) is 1. The molecule has 0 radical (unpaired) electrons. The Bertz CT molecular complexity index is 981. The fraction of sp³-hybridized carbons (Fsp3) is 0.417. The van der Waals surface area contributed by atoms with Crippen LogP contribution in [-0.4, -0.2) is 30.4 Å². The number of benzene rings is 2. The molecule has 3 rings (SSSR count). The summed E-state index contributed by atoms with van der Waals surface area (Å²) in [7, 11) is 1.20. The van der Waals surface area contributed by atoms with Crippen LogP contribution in [0.3, 0.4) is 0 Å². The Labute approximate surface area is 180 Å². The minimum Gasteiger partial charge on any atom is -0.469 e. The zero-order valence-corrected chi connectivity index (χ0v) is 17.9. The highest BCUT2D eigenvalue weighted by atomic mass is 19.4. The van der Waals surface area contributed by atoms with E-state index in [1.807, 2.05) is 26.0 Å². The monoisotopic (exact) mass is 433 g/mol. The molecule has 0 heterocycles. The first kappa shape index (κ1) is 22.8. The molecular formula is C24H26F3NO3. The van der Waals surface area contributed by atoms with Crippen molar-refractivity contribution in [2.24, 2.45) is 5.92 Å². The maximum Gasteiger partial charge on any atom is 0.416 e. The number of esters is 1. The van der Waals surface area contributed by atoms with E-state index in [0.29, 0.717) is 24.2 Å². The van der Waals surface area contributed by atoms with Gasteiger partial charge >= 0.3 is 12.1 Å². The number of hydrogen-bond donors (Lipinski definition) is 0. The smallest absolute Gasteiger partial charge is 0.416 e. The first-order valence-electron chi connectivity index (χ1n) is 10.3. The van der Waals surface area contributed by atoms with Crippen molar-refractivity contribution in [3.05, 3.63) is 58.7 Å². The van der Waals surface area contributed by atoms with Crippen LogP contribution in [0, 0.1) is 12.8 Å². The normalized spacial score (nSPS) is 13.7. The van der Waals surface area contributed by atoms with Crippen LogP contribution < -0.4 is 0 Å². The lowest BCUT2D eigenvalue weighted by Crippen LogP contribution is -2.31. The maximum atomic E-state index is 13.5. The van der Waals surface area contributed by atoms with E-state index in [2.05, 4.69) is 4.74 Å². The molecule has 2 aromatic carbocycles. The van der Waals surface area contributed by atoms with Crippen LogP contribution in [0.25, 0.3) is 11.1 Å². The summed E-state index contributed by atoms with van der Waals surface area (Å²) in [6.45, 7) is 4.65. The molecule has 0 N–H and O–H groups in total. The molecule has 31 heavy (non-hydrogen) atoms. The van der Waals surface area contributed by atoms with Crippen LogP contribution >= 0.6 is 0 Å². The first-order chi connectivity index (χ1) is 14.6. The Kier molecular flexibility index (Phi) is 6.72. The van der Waals surface area contributed by atoms with Gasteiger partial charge in [-0.3, -0.25) is 9.59 Å². The number of alkyl halides is 3. The number of hydrogen-bond acceptors (Lipinski definition) is 3. The predicted molar refractivity (Wildman–Crippen MR) is 111 cm³/mol. The lowest BCUT2D eigenvalue weighted by atomic mass is 9.93. The standard InChI is InChI=1S/C24H26F3NO3/c1-4-28(23(30)17-6-7-17)14-19-9-15(2)5-8-21(19)18-10-16(12-22(29)31-3)11-20(13-18)24(25,26)27/h5,8-11,13,17H,4,6-7,12,14H2,1-3H3. The van der Waals surface area contributed by atoms with Crippen LogP contribution in [0.2, 0.25) is 0 Å². The summed E-state index contributed by atoms with van der Waals surface area (Å²) in [6.07, 6.45) is -3.03. The van der Waals surface area contributed by atoms with Crippen molar-refractivity contribution in [2.75, 3.05) is 13.7 Å². The van der Waals surface area contributed by atoms with Gasteiger partial charge in [-0.1, -0.05) is 29.8 Å². The van der Waals surface area contributed by atoms with Gasteiger partial charge < -0.3 is 9.64 Å². The molecule has 1 fully saturated rings. The van der Waals surface area contributed by atoms with E-state index in [1.165, 1.54) is 7.11 Å². The Balaban J connectivity index is 2.05. The van der Waals surface area contributed by atoms with Crippen LogP contribution in [0.1, 0.15) is 42.0 Å². The van der Waals surface area contributed by atoms with Gasteiger partial charge in [-0.25, -0.2) is 0 Å². The molecule has 7 heteroatoms. The molecule has 0 aromatic heterocycles. The number of carbonyl (C=O) groups excluding carboxylic acids is 2. The quantitative estimate of drug-likeness (QED) is 0.567. The Hall–Kier alpha value is -2.83. The lowest BCUT2D eigenvalue weighted by Gasteiger charge is -2.23. The molecule has 0 unspecified atom stereocenters. The van der Waals surface area contributed by atoms with Crippen LogP contribution in [0.5, 0.6) is 0 Å². The Morgan fingerprint density at radius 3 is 2.42 bits per heavy atom. The molecule has 1 aliphatic rings. The van der Waals surface area contributed by atoms with Crippen molar-refractivity contribution in [1.82, 2.24) is 4.90 Å². The summed E-state index contributed by atoms with van der Waals surface area (Å²) in [4.78, 5) is 26.0. The van der Waals surface area contributed by atoms with Gasteiger partial charge in [0.25, 0.3) is 0 Å². The van der Waals surface area contributed by atoms with E-state index < -0.39 is 17.7 Å². The summed E-state index contributed by atoms with van der Waals surface area (Å²) in [5, 5.41) is 0. The summed E-state index contributed by atoms with van der Waals surface area (Å²) in [5.41, 5.74) is 2.11. The lowest BCUT2D eigenvalue weighted by molar-refractivity contribution is -0.140. The third kappa shape index (κ3) is 5.66. The van der Waals surface area contributed by atoms with E-state index >= 15 is 0 Å². The third-order valence-electron chi connectivity index (χ3n) is 5.45. The average Bonchev–Trinajstić information content (AvgIpc) is 3.56. The zero-order chi connectivity index (χ0) is 22.8. The van der Waals surface area contributed by atoms with E-state index in [4.69, 9.17) is 0 Å². The van der Waals surface area contributed by atoms with Crippen LogP contribution in [0.15, 0.2) is 36.4 Å². The molecule has 4 nitrogen and oxygen atoms in total. The summed E-state index contributed by atoms with van der Waals surface area (Å²) < 4.78 is 45.3. The number of carbonyl (C=O) groups is 2. The number of amides is 1. The second kappa shape index (κ2) is 9.12. The van der Waals surface area contributed by atoms with Gasteiger partial charge in [0.05, 0.1) is 19.1 Å². The molecule has 166 valence electrons. The van der Waals surface area contributed by atoms with Gasteiger partial charge in [0.15, 0.2) is 0 Å². The highest BCUT2D eigenvalue weighted by Gasteiger charge is 2.34. The molecule has 0 atom stereocenters. The molecule has 1 amide bonds. The molecular weight excluding hydrogens is 407 g/mol. The van der Waals surface area contributed by atoms with Gasteiger partial charge in [0.1, 0.15) is 0 Å². The maximum absolute atomic E-state index is 13.5. The summed E-state index contributed by atoms with van der Waals surface area (Å²) in [5.74, 6) is -0.458. The fourth-order valence-corrected chi connectivity index (χ4v) is 3.63. The number of methoxy groups -OCH3 is 1. The van der Waals surface area contributed by atoms with Crippen molar-refractivity contribution in [1.29, 1.82) is 0 Å². The second-order valence-electron chi connectivity index (χ2n) is 7.96. The predicted octanol–water partition coefficient (Wildman–Crippen LogP) is 5.15. The van der Waals surface area contributed by atoms with Crippen molar-refractivity contribution >= 4 is 11.9 Å². The van der Waals surface area contributed by atoms with Gasteiger partial charge in [-0.2, -0.15) is 13.2 Å². The van der Waals surface area contributed by atoms with Crippen LogP contribution in [0.4, 0.5) is 13.2 Å². The van der Waals surface area contributed by atoms with Gasteiger partial charge in [0, 0.05) is 19.0 Å². The molecule has 2 aromatic rings. The minimum absolute atomic E-state index is 0.0634. The van der Waals surface area contributed by atoms with Crippen molar-refractivity contribution in [3.63, 3.8) is 0 Å². The fourth-order valence-electron chi connectivity index (χ4n) is 3.63. The molecule has 0 spiro atoms. The Morgan fingerprint density at radius 2 is 1.84 bits per heavy atom. The van der Waals surface area contributed by atoms with Crippen molar-refractivity contribution in [2.45, 2.75) is 45.8 Å². The minimum atomic E-state index is -4.55. The van der Waals surface area contributed by atoms with Crippen molar-refractivity contribution < 1.29 is 27.5 Å². The number of nitrogens with zero attached hydrogens (tertiary/aromatic N) is 1. The SMILES string of the molecule is CCN(Cc1cc(C)ccc1-c1cc(CC(=O)OC)cc(C(F)(F)F)c1)C(=O)C1CC1. The second-order valence-corrected chi connectivity index (χ2v) is 7.96. The number of rotatable bonds is 7. The number of halogens is 3. The van der Waals surface area contributed by atoms with E-state index in [1.54, 1.807) is 17.0 Å². The molecule has 1 saturated carbocycles. The molecule has 0 saturated heterocycles. The first-order valence-corrected chi connectivity index (χ1v) is 10.3. The topological polar surface area (TPSA) is 46.6 Å². The average molecular weight is 433 g/mol. The summed E-state index contributed by atoms with van der Waals surface area (Å²) in [6, 6.07) is 9.16. The molecule has 0 aliphatic heterocycles. The third-order valence-corrected chi connectivity index (χ3v) is 5.45. The van der Waals surface area contributed by atoms with Crippen LogP contribution in [-0.2, 0) is 33.5 Å². The highest BCUT2D eigenvalue weighted by Crippen LogP contribution is 2.36. The van der Waals surface area contributed by atoms with E-state index in [-0.39, 0.29) is 23.8 Å². The largest absolute Gasteiger partial charge is 0.469 e. The van der Waals surface area contributed by atoms with E-state index in [9.17, 15) is 22.8 Å². The Morgan fingerprint density at radius 1 is 1.13 bits per heavy atom. The van der Waals surface area contributed by atoms with Gasteiger partial charge in [-0.05, 0) is 61.1 Å². The van der Waals surface area contributed by atoms with Crippen molar-refractivity contribution in [3.8, 4) is 11.1 Å². The molecule has 1 aliphatic carbocycles. The van der Waals surface area contributed by atoms with E-state index in [0.717, 1.165) is 36.1 Å². The highest BCUT2D eigenvalue weighted by molar-refractivity contribution is 5.81. The zero-order valence-electron chi connectivity index (χ0n) is 17.9.